The van der Waals surface area contributed by atoms with Crippen molar-refractivity contribution in [1.82, 2.24) is 0 Å². The number of allylic oxidation sites excluding steroid dienone is 1. The number of alkyl halides is 1. The van der Waals surface area contributed by atoms with Crippen LogP contribution in [0.2, 0.25) is 0 Å². The average Bonchev–Trinajstić information content (AvgIpc) is 2.66. The van der Waals surface area contributed by atoms with Crippen LogP contribution >= 0.6 is 34.4 Å². The van der Waals surface area contributed by atoms with Crippen molar-refractivity contribution in [2.75, 3.05) is 0 Å². The highest BCUT2D eigenvalue weighted by Crippen LogP contribution is 2.46. The van der Waals surface area contributed by atoms with Gasteiger partial charge in [0.15, 0.2) is 0 Å². The summed E-state index contributed by atoms with van der Waals surface area (Å²) in [4.78, 5) is 1.44. The van der Waals surface area contributed by atoms with Crippen molar-refractivity contribution >= 4 is 40.4 Å². The van der Waals surface area contributed by atoms with Crippen LogP contribution in [0.1, 0.15) is 51.0 Å². The van der Waals surface area contributed by atoms with Crippen molar-refractivity contribution in [2.45, 2.75) is 33.8 Å². The van der Waals surface area contributed by atoms with Crippen molar-refractivity contribution in [3.8, 4) is 0 Å². The number of thioether (sulfide) groups is 1. The third kappa shape index (κ3) is 2.27. The molecular formula is C19H17IS. The number of hydrogen-bond donors (Lipinski definition) is 0. The number of rotatable bonds is 0. The minimum atomic E-state index is 0.458. The van der Waals surface area contributed by atoms with E-state index in [2.05, 4.69) is 78.1 Å². The molecule has 2 aliphatic rings. The first-order chi connectivity index (χ1) is 10.3. The molecule has 4 rings (SSSR count). The molecule has 0 saturated carbocycles. The third-order valence-corrected chi connectivity index (χ3v) is 7.03. The normalized spacial score (nSPS) is 23.0. The summed E-state index contributed by atoms with van der Waals surface area (Å²) in [5.41, 5.74) is 7.55. The quantitative estimate of drug-likeness (QED) is 0.365. The maximum Gasteiger partial charge on any atom is 0.0622 e. The Bertz CT molecular complexity index is 732. The van der Waals surface area contributed by atoms with Gasteiger partial charge in [0.05, 0.1) is 3.92 Å². The molecule has 106 valence electrons. The number of hydrogen-bond acceptors (Lipinski definition) is 1. The lowest BCUT2D eigenvalue weighted by Crippen LogP contribution is -2.06. The molecule has 21 heavy (non-hydrogen) atoms. The number of halogens is 1. The van der Waals surface area contributed by atoms with Crippen LogP contribution < -0.4 is 0 Å². The van der Waals surface area contributed by atoms with Crippen molar-refractivity contribution in [3.63, 3.8) is 0 Å². The summed E-state index contributed by atoms with van der Waals surface area (Å²) in [5.74, 6) is 1.74. The van der Waals surface area contributed by atoms with E-state index in [1.54, 1.807) is 5.56 Å². The highest BCUT2D eigenvalue weighted by atomic mass is 127. The molecule has 2 aromatic rings. The van der Waals surface area contributed by atoms with Gasteiger partial charge in [-0.15, -0.1) is 11.8 Å². The molecule has 0 N–H and O–H groups in total. The topological polar surface area (TPSA) is 0 Å². The molecule has 0 fully saturated rings. The predicted octanol–water partition coefficient (Wildman–Crippen LogP) is 6.34. The molecule has 1 aliphatic heterocycles. The van der Waals surface area contributed by atoms with Gasteiger partial charge < -0.3 is 0 Å². The molecule has 2 heteroatoms. The van der Waals surface area contributed by atoms with E-state index in [9.17, 15) is 0 Å². The van der Waals surface area contributed by atoms with E-state index < -0.39 is 0 Å². The van der Waals surface area contributed by atoms with Gasteiger partial charge in [0.1, 0.15) is 0 Å². The first-order valence-electron chi connectivity index (χ1n) is 7.43. The Morgan fingerprint density at radius 3 is 2.76 bits per heavy atom. The standard InChI is InChI=1S/C19H17IS/c1-12-5-4-7-14-13(12)9-10-15-17(14)11-21-18-8-3-2-6-16(18)19(15)20/h2-4,6-10,12,19H,5,11H2,1H3. The van der Waals surface area contributed by atoms with Crippen LogP contribution in [0, 0.1) is 0 Å². The molecule has 0 saturated heterocycles. The predicted molar refractivity (Wildman–Crippen MR) is 100 cm³/mol. The van der Waals surface area contributed by atoms with Crippen molar-refractivity contribution < 1.29 is 0 Å². The summed E-state index contributed by atoms with van der Waals surface area (Å²) in [5, 5.41) is 0. The summed E-state index contributed by atoms with van der Waals surface area (Å²) in [6.07, 6.45) is 5.87. The lowest BCUT2D eigenvalue weighted by Gasteiger charge is -2.23. The molecule has 0 spiro atoms. The fourth-order valence-corrected chi connectivity index (χ4v) is 5.87. The maximum atomic E-state index is 2.61. The van der Waals surface area contributed by atoms with Crippen LogP contribution in [-0.4, -0.2) is 0 Å². The zero-order chi connectivity index (χ0) is 14.4. The van der Waals surface area contributed by atoms with Crippen LogP contribution in [0.25, 0.3) is 6.08 Å². The third-order valence-electron chi connectivity index (χ3n) is 4.57. The van der Waals surface area contributed by atoms with E-state index in [1.807, 2.05) is 11.8 Å². The summed E-state index contributed by atoms with van der Waals surface area (Å²) in [6.45, 7) is 2.34. The highest BCUT2D eigenvalue weighted by molar-refractivity contribution is 14.1. The molecule has 1 heterocycles. The highest BCUT2D eigenvalue weighted by Gasteiger charge is 2.25. The maximum absolute atomic E-state index is 2.61. The first-order valence-corrected chi connectivity index (χ1v) is 9.67. The zero-order valence-corrected chi connectivity index (χ0v) is 14.9. The van der Waals surface area contributed by atoms with E-state index in [4.69, 9.17) is 0 Å². The second-order valence-electron chi connectivity index (χ2n) is 5.86. The van der Waals surface area contributed by atoms with Gasteiger partial charge in [-0.3, -0.25) is 0 Å². The van der Waals surface area contributed by atoms with Crippen LogP contribution in [0.5, 0.6) is 0 Å². The Labute approximate surface area is 144 Å². The Balaban J connectivity index is 1.92. The van der Waals surface area contributed by atoms with Crippen LogP contribution in [0.3, 0.4) is 0 Å². The van der Waals surface area contributed by atoms with Crippen LogP contribution in [0.4, 0.5) is 0 Å². The summed E-state index contributed by atoms with van der Waals surface area (Å²) >= 11 is 4.60. The van der Waals surface area contributed by atoms with Crippen LogP contribution in [-0.2, 0) is 5.75 Å². The zero-order valence-electron chi connectivity index (χ0n) is 12.0. The van der Waals surface area contributed by atoms with Crippen molar-refractivity contribution in [3.05, 3.63) is 70.3 Å². The average molecular weight is 404 g/mol. The van der Waals surface area contributed by atoms with Crippen molar-refractivity contribution in [2.24, 2.45) is 0 Å². The van der Waals surface area contributed by atoms with Gasteiger partial charge in [0.2, 0.25) is 0 Å². The van der Waals surface area contributed by atoms with Gasteiger partial charge in [0, 0.05) is 10.6 Å². The summed E-state index contributed by atoms with van der Waals surface area (Å²) in [7, 11) is 0. The molecule has 0 bridgehead atoms. The van der Waals surface area contributed by atoms with Gasteiger partial charge in [-0.25, -0.2) is 0 Å². The Morgan fingerprint density at radius 2 is 1.86 bits per heavy atom. The minimum Gasteiger partial charge on any atom is -0.121 e. The van der Waals surface area contributed by atoms with Crippen molar-refractivity contribution in [1.29, 1.82) is 0 Å². The molecule has 0 nitrogen and oxygen atoms in total. The number of fused-ring (bicyclic) bond motifs is 4. The van der Waals surface area contributed by atoms with E-state index >= 15 is 0 Å². The molecule has 0 aromatic heterocycles. The molecule has 0 amide bonds. The van der Waals surface area contributed by atoms with E-state index in [0.717, 1.165) is 5.75 Å². The molecule has 1 aliphatic carbocycles. The van der Waals surface area contributed by atoms with Gasteiger partial charge in [-0.2, -0.15) is 0 Å². The van der Waals surface area contributed by atoms with E-state index in [-0.39, 0.29) is 0 Å². The fourth-order valence-electron chi connectivity index (χ4n) is 3.38. The fraction of sp³-hybridized carbons (Fsp3) is 0.263. The second-order valence-corrected chi connectivity index (χ2v) is 8.13. The van der Waals surface area contributed by atoms with Gasteiger partial charge in [-0.1, -0.05) is 72.0 Å². The second kappa shape index (κ2) is 5.47. The Morgan fingerprint density at radius 1 is 1.05 bits per heavy atom. The Hall–Kier alpha value is -0.740. The molecule has 2 atom stereocenters. The first kappa shape index (κ1) is 13.9. The molecule has 2 unspecified atom stereocenters. The summed E-state index contributed by atoms with van der Waals surface area (Å²) < 4.78 is 0.458. The van der Waals surface area contributed by atoms with Gasteiger partial charge >= 0.3 is 0 Å². The molecular weight excluding hydrogens is 387 g/mol. The molecule has 2 aromatic carbocycles. The minimum absolute atomic E-state index is 0.458. The summed E-state index contributed by atoms with van der Waals surface area (Å²) in [6, 6.07) is 13.6. The van der Waals surface area contributed by atoms with E-state index in [1.165, 1.54) is 33.6 Å². The van der Waals surface area contributed by atoms with E-state index in [0.29, 0.717) is 9.84 Å². The monoisotopic (exact) mass is 404 g/mol. The molecule has 0 radical (unpaired) electrons. The van der Waals surface area contributed by atoms with Crippen LogP contribution in [0.15, 0.2) is 47.4 Å². The van der Waals surface area contributed by atoms with Gasteiger partial charge in [-0.05, 0) is 46.2 Å². The SMILES string of the molecule is CC1CC=Cc2c1ccc1c2CSc2ccccc2C1I. The lowest BCUT2D eigenvalue weighted by molar-refractivity contribution is 0.768. The lowest BCUT2D eigenvalue weighted by atomic mass is 9.83. The van der Waals surface area contributed by atoms with Gasteiger partial charge in [0.25, 0.3) is 0 Å². The largest absolute Gasteiger partial charge is 0.121 e. The number of benzene rings is 2. The smallest absolute Gasteiger partial charge is 0.0622 e. The Kier molecular flexibility index (Phi) is 3.62.